The average molecular weight is 394 g/mol. The molecule has 0 N–H and O–H groups in total. The summed E-state index contributed by atoms with van der Waals surface area (Å²) in [7, 11) is 0. The van der Waals surface area contributed by atoms with Gasteiger partial charge in [-0.2, -0.15) is 0 Å². The van der Waals surface area contributed by atoms with Crippen LogP contribution in [-0.4, -0.2) is 9.55 Å². The molecule has 0 aliphatic heterocycles. The number of thiophene rings is 1. The van der Waals surface area contributed by atoms with Crippen LogP contribution in [0.4, 0.5) is 4.39 Å². The number of hydrogen-bond acceptors (Lipinski definition) is 2. The molecule has 0 saturated carbocycles. The van der Waals surface area contributed by atoms with Crippen LogP contribution in [-0.2, 0) is 0 Å². The van der Waals surface area contributed by atoms with Crippen LogP contribution in [0.25, 0.3) is 48.3 Å². The molecule has 0 bridgehead atoms. The van der Waals surface area contributed by atoms with Gasteiger partial charge in [-0.1, -0.05) is 54.6 Å². The second kappa shape index (κ2) is 6.26. The van der Waals surface area contributed by atoms with E-state index in [0.717, 1.165) is 43.6 Å². The molecule has 0 fully saturated rings. The van der Waals surface area contributed by atoms with Gasteiger partial charge in [-0.05, 0) is 36.4 Å². The lowest BCUT2D eigenvalue weighted by Gasteiger charge is -2.10. The zero-order chi connectivity index (χ0) is 19.4. The molecule has 0 saturated heterocycles. The van der Waals surface area contributed by atoms with Gasteiger partial charge in [0.05, 0.1) is 15.7 Å². The number of benzene rings is 4. The largest absolute Gasteiger partial charge is 0.292 e. The number of rotatable bonds is 2. The van der Waals surface area contributed by atoms with Gasteiger partial charge >= 0.3 is 0 Å². The molecule has 0 atom stereocenters. The number of halogens is 1. The van der Waals surface area contributed by atoms with Crippen LogP contribution in [0.3, 0.4) is 0 Å². The molecule has 138 valence electrons. The topological polar surface area (TPSA) is 17.8 Å². The van der Waals surface area contributed by atoms with Crippen LogP contribution >= 0.6 is 11.3 Å². The van der Waals surface area contributed by atoms with Gasteiger partial charge in [0, 0.05) is 26.7 Å². The minimum Gasteiger partial charge on any atom is -0.292 e. The first kappa shape index (κ1) is 16.5. The Morgan fingerprint density at radius 3 is 2.28 bits per heavy atom. The number of hydrogen-bond donors (Lipinski definition) is 0. The Kier molecular flexibility index (Phi) is 3.55. The zero-order valence-corrected chi connectivity index (χ0v) is 16.2. The zero-order valence-electron chi connectivity index (χ0n) is 15.3. The van der Waals surface area contributed by atoms with Gasteiger partial charge in [0.1, 0.15) is 11.6 Å². The molecule has 0 spiro atoms. The van der Waals surface area contributed by atoms with Gasteiger partial charge in [-0.15, -0.1) is 11.3 Å². The number of aromatic nitrogens is 2. The van der Waals surface area contributed by atoms with Gasteiger partial charge in [0.15, 0.2) is 0 Å². The van der Waals surface area contributed by atoms with Crippen molar-refractivity contribution in [1.29, 1.82) is 0 Å². The Hall–Kier alpha value is -3.50. The highest BCUT2D eigenvalue weighted by Gasteiger charge is 2.18. The SMILES string of the molecule is Fc1cccc2c1sc1c(-c3nc4ccccc4n3-c3ccccc3)cccc12. The van der Waals surface area contributed by atoms with E-state index >= 15 is 0 Å². The van der Waals surface area contributed by atoms with Crippen LogP contribution in [0.1, 0.15) is 0 Å². The molecule has 6 rings (SSSR count). The fourth-order valence-corrected chi connectivity index (χ4v) is 5.22. The van der Waals surface area contributed by atoms with E-state index in [0.29, 0.717) is 4.70 Å². The molecule has 0 aliphatic rings. The minimum absolute atomic E-state index is 0.175. The lowest BCUT2D eigenvalue weighted by molar-refractivity contribution is 0.642. The number of imidazole rings is 1. The first-order chi connectivity index (χ1) is 14.3. The smallest absolute Gasteiger partial charge is 0.147 e. The number of para-hydroxylation sites is 3. The summed E-state index contributed by atoms with van der Waals surface area (Å²) in [6.07, 6.45) is 0. The molecule has 2 nitrogen and oxygen atoms in total. The van der Waals surface area contributed by atoms with Gasteiger partial charge in [0.25, 0.3) is 0 Å². The second-order valence-electron chi connectivity index (χ2n) is 7.00. The van der Waals surface area contributed by atoms with Crippen molar-refractivity contribution < 1.29 is 4.39 Å². The van der Waals surface area contributed by atoms with Gasteiger partial charge in [-0.25, -0.2) is 9.37 Å². The molecular weight excluding hydrogens is 379 g/mol. The van der Waals surface area contributed by atoms with E-state index in [4.69, 9.17) is 4.98 Å². The maximum absolute atomic E-state index is 14.5. The van der Waals surface area contributed by atoms with Crippen molar-refractivity contribution >= 4 is 42.5 Å². The molecule has 0 unspecified atom stereocenters. The highest BCUT2D eigenvalue weighted by atomic mass is 32.1. The Labute approximate surface area is 170 Å². The quantitative estimate of drug-likeness (QED) is 0.304. The first-order valence-corrected chi connectivity index (χ1v) is 10.3. The molecule has 6 aromatic rings. The number of fused-ring (bicyclic) bond motifs is 4. The standard InChI is InChI=1S/C25H15FN2S/c26-20-13-7-11-18-17-10-6-12-19(23(17)29-24(18)20)25-27-21-14-4-5-15-22(21)28(25)16-8-2-1-3-9-16/h1-15H. The highest BCUT2D eigenvalue weighted by Crippen LogP contribution is 2.41. The molecule has 0 radical (unpaired) electrons. The normalized spacial score (nSPS) is 11.6. The van der Waals surface area contributed by atoms with Crippen LogP contribution in [0.15, 0.2) is 91.0 Å². The molecule has 2 heterocycles. The Bertz CT molecular complexity index is 1510. The third kappa shape index (κ3) is 2.43. The third-order valence-corrected chi connectivity index (χ3v) is 6.56. The molecule has 0 amide bonds. The second-order valence-corrected chi connectivity index (χ2v) is 8.02. The van der Waals surface area contributed by atoms with Crippen molar-refractivity contribution in [3.63, 3.8) is 0 Å². The fraction of sp³-hybridized carbons (Fsp3) is 0. The molecule has 2 aromatic heterocycles. The minimum atomic E-state index is -0.175. The predicted octanol–water partition coefficient (Wildman–Crippen LogP) is 7.20. The Morgan fingerprint density at radius 2 is 1.41 bits per heavy atom. The summed E-state index contributed by atoms with van der Waals surface area (Å²) in [5.74, 6) is 0.696. The summed E-state index contributed by atoms with van der Waals surface area (Å²) in [5.41, 5.74) is 4.07. The van der Waals surface area contributed by atoms with E-state index in [1.807, 2.05) is 48.5 Å². The summed E-state index contributed by atoms with van der Waals surface area (Å²) in [6.45, 7) is 0. The maximum Gasteiger partial charge on any atom is 0.147 e. The van der Waals surface area contributed by atoms with Crippen LogP contribution < -0.4 is 0 Å². The molecule has 0 aliphatic carbocycles. The highest BCUT2D eigenvalue weighted by molar-refractivity contribution is 7.26. The van der Waals surface area contributed by atoms with Gasteiger partial charge in [0.2, 0.25) is 0 Å². The van der Waals surface area contributed by atoms with Crippen molar-refractivity contribution in [2.45, 2.75) is 0 Å². The van der Waals surface area contributed by atoms with E-state index < -0.39 is 0 Å². The molecule has 29 heavy (non-hydrogen) atoms. The molecule has 4 heteroatoms. The van der Waals surface area contributed by atoms with Crippen molar-refractivity contribution in [3.8, 4) is 17.1 Å². The summed E-state index contributed by atoms with van der Waals surface area (Å²) < 4.78 is 18.4. The predicted molar refractivity (Wildman–Crippen MR) is 119 cm³/mol. The van der Waals surface area contributed by atoms with E-state index in [9.17, 15) is 4.39 Å². The van der Waals surface area contributed by atoms with Crippen LogP contribution in [0.2, 0.25) is 0 Å². The molecular formula is C25H15FN2S. The first-order valence-electron chi connectivity index (χ1n) is 9.44. The van der Waals surface area contributed by atoms with Gasteiger partial charge < -0.3 is 0 Å². The van der Waals surface area contributed by atoms with Crippen LogP contribution in [0, 0.1) is 5.82 Å². The summed E-state index contributed by atoms with van der Waals surface area (Å²) >= 11 is 1.50. The van der Waals surface area contributed by atoms with Crippen molar-refractivity contribution in [2.75, 3.05) is 0 Å². The number of nitrogens with zero attached hydrogens (tertiary/aromatic N) is 2. The van der Waals surface area contributed by atoms with Crippen LogP contribution in [0.5, 0.6) is 0 Å². The van der Waals surface area contributed by atoms with E-state index in [-0.39, 0.29) is 5.82 Å². The van der Waals surface area contributed by atoms with Crippen molar-refractivity contribution in [3.05, 3.63) is 96.8 Å². The van der Waals surface area contributed by atoms with Gasteiger partial charge in [-0.3, -0.25) is 4.57 Å². The van der Waals surface area contributed by atoms with Crippen molar-refractivity contribution in [1.82, 2.24) is 9.55 Å². The van der Waals surface area contributed by atoms with Crippen molar-refractivity contribution in [2.24, 2.45) is 0 Å². The molecule has 4 aromatic carbocycles. The average Bonchev–Trinajstić information content (AvgIpc) is 3.34. The fourth-order valence-electron chi connectivity index (χ4n) is 4.01. The maximum atomic E-state index is 14.5. The summed E-state index contributed by atoms with van der Waals surface area (Å²) in [5, 5.41) is 2.02. The summed E-state index contributed by atoms with van der Waals surface area (Å²) in [4.78, 5) is 4.98. The summed E-state index contributed by atoms with van der Waals surface area (Å²) in [6, 6.07) is 29.9. The van der Waals surface area contributed by atoms with E-state index in [2.05, 4.69) is 34.9 Å². The van der Waals surface area contributed by atoms with E-state index in [1.54, 1.807) is 6.07 Å². The monoisotopic (exact) mass is 394 g/mol. The Balaban J connectivity index is 1.75. The lowest BCUT2D eigenvalue weighted by atomic mass is 10.1. The van der Waals surface area contributed by atoms with E-state index in [1.165, 1.54) is 17.4 Å². The Morgan fingerprint density at radius 1 is 0.690 bits per heavy atom. The third-order valence-electron chi connectivity index (χ3n) is 5.29. The lowest BCUT2D eigenvalue weighted by Crippen LogP contribution is -1.97.